The highest BCUT2D eigenvalue weighted by Gasteiger charge is 2.45. The Labute approximate surface area is 365 Å². The number of likely N-dealkylation sites (N-methyl/N-ethyl adjacent to an activating group) is 1. The first-order valence-corrected chi connectivity index (χ1v) is 24.0. The van der Waals surface area contributed by atoms with E-state index in [4.69, 9.17) is 9.47 Å². The summed E-state index contributed by atoms with van der Waals surface area (Å²) in [7, 11) is 4.05. The van der Waals surface area contributed by atoms with Crippen molar-refractivity contribution < 1.29 is 9.47 Å². The zero-order valence-corrected chi connectivity index (χ0v) is 42.4. The van der Waals surface area contributed by atoms with Gasteiger partial charge in [-0.3, -0.25) is 14.7 Å². The van der Waals surface area contributed by atoms with Gasteiger partial charge in [0.25, 0.3) is 0 Å². The number of likely N-dealkylation sites (tertiary alicyclic amines) is 1. The molecule has 1 saturated carbocycles. The van der Waals surface area contributed by atoms with Gasteiger partial charge in [-0.15, -0.1) is 0 Å². The van der Waals surface area contributed by atoms with E-state index in [-0.39, 0.29) is 29.5 Å². The fourth-order valence-corrected chi connectivity index (χ4v) is 11.1. The Bertz CT molecular complexity index is 1110. The number of ether oxygens (including phenoxy) is 2. The quantitative estimate of drug-likeness (QED) is 0.173. The number of hydrogen-bond donors (Lipinski definition) is 0. The number of methoxy groups -OCH3 is 1. The van der Waals surface area contributed by atoms with Crippen LogP contribution in [-0.2, 0) is 9.47 Å². The molecule has 0 N–H and O–H groups in total. The van der Waals surface area contributed by atoms with Gasteiger partial charge >= 0.3 is 0 Å². The van der Waals surface area contributed by atoms with Gasteiger partial charge < -0.3 is 19.3 Å². The first-order valence-electron chi connectivity index (χ1n) is 24.0. The van der Waals surface area contributed by atoms with Gasteiger partial charge in [0, 0.05) is 82.6 Å². The molecule has 0 bridgehead atoms. The van der Waals surface area contributed by atoms with Crippen molar-refractivity contribution in [3.63, 3.8) is 0 Å². The molecule has 348 valence electrons. The second-order valence-corrected chi connectivity index (χ2v) is 23.6. The molecule has 0 amide bonds. The van der Waals surface area contributed by atoms with Crippen LogP contribution in [0.5, 0.6) is 0 Å². The molecule has 0 atom stereocenters. The molecular weight excluding hydrogens is 715 g/mol. The Balaban J connectivity index is 0.000000562. The number of nitrogens with zero attached hydrogens (tertiary/aromatic N) is 5. The van der Waals surface area contributed by atoms with Crippen molar-refractivity contribution in [1.82, 2.24) is 24.5 Å². The third-order valence-electron chi connectivity index (χ3n) is 15.5. The van der Waals surface area contributed by atoms with E-state index in [0.717, 1.165) is 38.0 Å². The van der Waals surface area contributed by atoms with Crippen molar-refractivity contribution in [1.29, 1.82) is 0 Å². The van der Waals surface area contributed by atoms with E-state index in [1.54, 1.807) is 0 Å². The maximum Gasteiger partial charge on any atom is 0.0635 e. The second kappa shape index (κ2) is 22.9. The lowest BCUT2D eigenvalue weighted by Gasteiger charge is -2.54. The fraction of sp³-hybridized carbons (Fsp3) is 1.00. The van der Waals surface area contributed by atoms with Crippen molar-refractivity contribution >= 4 is 0 Å². The van der Waals surface area contributed by atoms with Crippen LogP contribution < -0.4 is 0 Å². The van der Waals surface area contributed by atoms with E-state index < -0.39 is 0 Å². The Morgan fingerprint density at radius 3 is 1.47 bits per heavy atom. The fourth-order valence-electron chi connectivity index (χ4n) is 11.1. The highest BCUT2D eigenvalue weighted by Crippen LogP contribution is 2.46. The molecule has 0 radical (unpaired) electrons. The maximum absolute atomic E-state index is 6.53. The Kier molecular flexibility index (Phi) is 22.0. The summed E-state index contributed by atoms with van der Waals surface area (Å²) in [5.41, 5.74) is 1.80. The molecule has 0 unspecified atom stereocenters. The van der Waals surface area contributed by atoms with Crippen molar-refractivity contribution in [3.05, 3.63) is 0 Å². The minimum Gasteiger partial charge on any atom is -0.381 e. The van der Waals surface area contributed by atoms with Gasteiger partial charge in [-0.1, -0.05) is 69.7 Å². The molecule has 0 aromatic carbocycles. The largest absolute Gasteiger partial charge is 0.381 e. The van der Waals surface area contributed by atoms with E-state index in [1.165, 1.54) is 97.7 Å². The van der Waals surface area contributed by atoms with E-state index in [2.05, 4.69) is 142 Å². The molecule has 4 aliphatic rings. The molecule has 0 aromatic rings. The molecule has 3 saturated heterocycles. The van der Waals surface area contributed by atoms with Crippen LogP contribution in [0.2, 0.25) is 0 Å². The van der Waals surface area contributed by atoms with Gasteiger partial charge in [-0.25, -0.2) is 0 Å². The first kappa shape index (κ1) is 55.7. The van der Waals surface area contributed by atoms with Crippen LogP contribution in [0.1, 0.15) is 190 Å². The summed E-state index contributed by atoms with van der Waals surface area (Å²) in [4.78, 5) is 13.3. The molecule has 7 nitrogen and oxygen atoms in total. The zero-order valence-electron chi connectivity index (χ0n) is 42.4. The SMILES string of the molecule is C.CC.CCC(C)(C)C(C)(C)N1CCC(C(C)(C)CC(C)(C)N2CCN(C(C)(C)C)CC2)CC1.COC1CCC(OC(C)(C)CC(C)(C)CN2CCN(C)CC2)CC1. The van der Waals surface area contributed by atoms with E-state index in [1.807, 2.05) is 21.0 Å². The third kappa shape index (κ3) is 16.8. The minimum atomic E-state index is -0.0549. The smallest absolute Gasteiger partial charge is 0.0635 e. The van der Waals surface area contributed by atoms with Crippen LogP contribution in [-0.4, -0.2) is 145 Å². The Morgan fingerprint density at radius 1 is 0.552 bits per heavy atom. The molecule has 3 heterocycles. The van der Waals surface area contributed by atoms with Gasteiger partial charge in [-0.2, -0.15) is 0 Å². The van der Waals surface area contributed by atoms with Crippen LogP contribution in [0.25, 0.3) is 0 Å². The van der Waals surface area contributed by atoms with E-state index in [0.29, 0.717) is 28.6 Å². The lowest BCUT2D eigenvalue weighted by molar-refractivity contribution is -0.116. The van der Waals surface area contributed by atoms with Crippen LogP contribution in [0.4, 0.5) is 0 Å². The summed E-state index contributed by atoms with van der Waals surface area (Å²) in [6.07, 6.45) is 11.8. The Morgan fingerprint density at radius 2 is 1.02 bits per heavy atom. The monoisotopic (exact) mass is 822 g/mol. The van der Waals surface area contributed by atoms with E-state index >= 15 is 0 Å². The van der Waals surface area contributed by atoms with Crippen molar-refractivity contribution in [2.24, 2.45) is 22.2 Å². The lowest BCUT2D eigenvalue weighted by atomic mass is 9.66. The maximum atomic E-state index is 6.53. The predicted octanol–water partition coefficient (Wildman–Crippen LogP) is 11.6. The first-order chi connectivity index (χ1) is 26.1. The van der Waals surface area contributed by atoms with Gasteiger partial charge in [0.15, 0.2) is 0 Å². The van der Waals surface area contributed by atoms with Crippen molar-refractivity contribution in [2.75, 3.05) is 86.1 Å². The van der Waals surface area contributed by atoms with Crippen LogP contribution in [0.15, 0.2) is 0 Å². The molecule has 4 fully saturated rings. The Hall–Kier alpha value is -0.280. The number of piperidine rings is 1. The van der Waals surface area contributed by atoms with Crippen LogP contribution >= 0.6 is 0 Å². The average Bonchev–Trinajstić information content (AvgIpc) is 3.12. The topological polar surface area (TPSA) is 34.7 Å². The highest BCUT2D eigenvalue weighted by molar-refractivity contribution is 4.99. The predicted molar refractivity (Wildman–Crippen MR) is 256 cm³/mol. The van der Waals surface area contributed by atoms with Crippen molar-refractivity contribution in [2.45, 2.75) is 224 Å². The summed E-state index contributed by atoms with van der Waals surface area (Å²) in [5, 5.41) is 0. The molecular formula is C51H107N5O2. The molecule has 0 spiro atoms. The van der Waals surface area contributed by atoms with Crippen molar-refractivity contribution in [3.8, 4) is 0 Å². The zero-order chi connectivity index (χ0) is 43.7. The summed E-state index contributed by atoms with van der Waals surface area (Å²) in [5.74, 6) is 0.833. The molecule has 3 aliphatic heterocycles. The van der Waals surface area contributed by atoms with Gasteiger partial charge in [0.2, 0.25) is 0 Å². The standard InChI is InChI=1S/C28H57N3.C20H40N2O2.C2H6.CH4/c1-13-26(7,8)28(11,12)31-16-14-23(15-17-31)25(5,6)22-27(9,10)30-20-18-29(19-21-30)24(2,3)4;1-19(2,16-22-13-11-21(5)12-14-22)15-20(3,4)24-18-9-7-17(23-6)8-10-18;1-2;/h23H,13-22H2,1-12H3;17-18H,7-16H2,1-6H3;1-2H3;1H4. The molecule has 58 heavy (non-hydrogen) atoms. The summed E-state index contributed by atoms with van der Waals surface area (Å²) in [6, 6.07) is 0. The summed E-state index contributed by atoms with van der Waals surface area (Å²) >= 11 is 0. The van der Waals surface area contributed by atoms with Crippen LogP contribution in [0, 0.1) is 22.2 Å². The van der Waals surface area contributed by atoms with E-state index in [9.17, 15) is 0 Å². The molecule has 0 aromatic heterocycles. The number of piperazine rings is 2. The molecule has 1 aliphatic carbocycles. The van der Waals surface area contributed by atoms with Gasteiger partial charge in [0.1, 0.15) is 0 Å². The molecule has 4 rings (SSSR count). The number of rotatable bonds is 14. The summed E-state index contributed by atoms with van der Waals surface area (Å²) < 4.78 is 12.0. The minimum absolute atomic E-state index is 0. The van der Waals surface area contributed by atoms with Crippen LogP contribution in [0.3, 0.4) is 0 Å². The third-order valence-corrected chi connectivity index (χ3v) is 15.5. The van der Waals surface area contributed by atoms with Gasteiger partial charge in [-0.05, 0) is 162 Å². The molecule has 7 heteroatoms. The number of hydrogen-bond acceptors (Lipinski definition) is 7. The second-order valence-electron chi connectivity index (χ2n) is 23.6. The highest BCUT2D eigenvalue weighted by atomic mass is 16.5. The normalized spacial score (nSPS) is 24.0. The van der Waals surface area contributed by atoms with Gasteiger partial charge in [0.05, 0.1) is 17.8 Å². The summed E-state index contributed by atoms with van der Waals surface area (Å²) in [6.45, 7) is 56.0. The lowest BCUT2D eigenvalue weighted by Crippen LogP contribution is -2.60. The average molecular weight is 822 g/mol.